The van der Waals surface area contributed by atoms with Gasteiger partial charge in [-0.3, -0.25) is 19.3 Å². The van der Waals surface area contributed by atoms with E-state index in [1.807, 2.05) is 30.3 Å². The van der Waals surface area contributed by atoms with Crippen molar-refractivity contribution in [2.45, 2.75) is 31.8 Å². The van der Waals surface area contributed by atoms with Gasteiger partial charge in [-0.1, -0.05) is 30.3 Å². The van der Waals surface area contributed by atoms with Crippen LogP contribution in [0.25, 0.3) is 6.08 Å². The van der Waals surface area contributed by atoms with E-state index in [1.165, 1.54) is 4.90 Å². The Morgan fingerprint density at radius 3 is 2.85 bits per heavy atom. The minimum Gasteiger partial charge on any atom is -0.378 e. The van der Waals surface area contributed by atoms with E-state index in [0.717, 1.165) is 36.8 Å². The molecular formula is C19H22N2O4S. The predicted molar refractivity (Wildman–Crippen MR) is 100 cm³/mol. The van der Waals surface area contributed by atoms with Crippen molar-refractivity contribution in [1.29, 1.82) is 0 Å². The van der Waals surface area contributed by atoms with Gasteiger partial charge in [0, 0.05) is 26.1 Å². The van der Waals surface area contributed by atoms with Crippen LogP contribution in [0.15, 0.2) is 35.2 Å². The molecule has 1 unspecified atom stereocenters. The molecule has 2 heterocycles. The summed E-state index contributed by atoms with van der Waals surface area (Å²) in [7, 11) is 0. The van der Waals surface area contributed by atoms with Crippen LogP contribution in [-0.4, -0.2) is 47.8 Å². The van der Waals surface area contributed by atoms with Crippen LogP contribution in [-0.2, 0) is 14.3 Å². The molecule has 3 rings (SSSR count). The fourth-order valence-corrected chi connectivity index (χ4v) is 3.82. The van der Waals surface area contributed by atoms with Crippen LogP contribution in [0, 0.1) is 0 Å². The van der Waals surface area contributed by atoms with E-state index in [9.17, 15) is 14.4 Å². The molecule has 2 fully saturated rings. The Morgan fingerprint density at radius 2 is 2.12 bits per heavy atom. The van der Waals surface area contributed by atoms with E-state index in [2.05, 4.69) is 5.32 Å². The first kappa shape index (κ1) is 18.7. The molecule has 2 aliphatic rings. The molecule has 7 heteroatoms. The first-order valence-corrected chi connectivity index (χ1v) is 9.64. The van der Waals surface area contributed by atoms with Gasteiger partial charge in [0.2, 0.25) is 5.91 Å². The zero-order chi connectivity index (χ0) is 18.4. The molecular weight excluding hydrogens is 352 g/mol. The third-order valence-electron chi connectivity index (χ3n) is 4.35. The molecule has 26 heavy (non-hydrogen) atoms. The van der Waals surface area contributed by atoms with Crippen molar-refractivity contribution in [3.8, 4) is 0 Å². The number of ether oxygens (including phenoxy) is 1. The topological polar surface area (TPSA) is 75.7 Å². The monoisotopic (exact) mass is 374 g/mol. The molecule has 1 atom stereocenters. The van der Waals surface area contributed by atoms with E-state index in [0.29, 0.717) is 17.7 Å². The maximum atomic E-state index is 12.4. The summed E-state index contributed by atoms with van der Waals surface area (Å²) in [6.07, 6.45) is 5.09. The summed E-state index contributed by atoms with van der Waals surface area (Å²) in [5.74, 6) is -0.384. The van der Waals surface area contributed by atoms with Crippen molar-refractivity contribution in [3.63, 3.8) is 0 Å². The smallest absolute Gasteiger partial charge is 0.293 e. The number of rotatable bonds is 7. The zero-order valence-corrected chi connectivity index (χ0v) is 15.3. The minimum atomic E-state index is -0.308. The standard InChI is InChI=1S/C19H22N2O4S/c22-17(9-8-15-7-4-12-25-15)20-10-11-21-18(23)16(26-19(21)24)13-14-5-2-1-3-6-14/h1-3,5-6,13,15H,4,7-12H2,(H,20,22)/b16-13-. The van der Waals surface area contributed by atoms with Crippen molar-refractivity contribution < 1.29 is 19.1 Å². The fraction of sp³-hybridized carbons (Fsp3) is 0.421. The second-order valence-corrected chi connectivity index (χ2v) is 7.26. The highest BCUT2D eigenvalue weighted by molar-refractivity contribution is 8.18. The summed E-state index contributed by atoms with van der Waals surface area (Å²) in [6.45, 7) is 1.23. The van der Waals surface area contributed by atoms with Gasteiger partial charge >= 0.3 is 0 Å². The van der Waals surface area contributed by atoms with Crippen molar-refractivity contribution in [1.82, 2.24) is 10.2 Å². The maximum absolute atomic E-state index is 12.4. The van der Waals surface area contributed by atoms with Crippen LogP contribution < -0.4 is 5.32 Å². The molecule has 0 spiro atoms. The lowest BCUT2D eigenvalue weighted by atomic mass is 10.1. The van der Waals surface area contributed by atoms with Gasteiger partial charge in [-0.2, -0.15) is 0 Å². The highest BCUT2D eigenvalue weighted by Crippen LogP contribution is 2.31. The van der Waals surface area contributed by atoms with E-state index in [1.54, 1.807) is 6.08 Å². The lowest BCUT2D eigenvalue weighted by Gasteiger charge is -2.13. The summed E-state index contributed by atoms with van der Waals surface area (Å²) in [4.78, 5) is 37.9. The summed E-state index contributed by atoms with van der Waals surface area (Å²) < 4.78 is 5.49. The molecule has 0 aromatic heterocycles. The molecule has 2 aliphatic heterocycles. The van der Waals surface area contributed by atoms with Gasteiger partial charge in [0.25, 0.3) is 11.1 Å². The maximum Gasteiger partial charge on any atom is 0.293 e. The molecule has 2 saturated heterocycles. The van der Waals surface area contributed by atoms with Crippen molar-refractivity contribution in [2.75, 3.05) is 19.7 Å². The van der Waals surface area contributed by atoms with Crippen molar-refractivity contribution >= 4 is 34.9 Å². The van der Waals surface area contributed by atoms with E-state index in [-0.39, 0.29) is 36.2 Å². The number of nitrogens with one attached hydrogen (secondary N) is 1. The van der Waals surface area contributed by atoms with Crippen LogP contribution in [0.2, 0.25) is 0 Å². The van der Waals surface area contributed by atoms with Crippen molar-refractivity contribution in [2.24, 2.45) is 0 Å². The normalized spacial score (nSPS) is 21.6. The number of amides is 3. The van der Waals surface area contributed by atoms with Gasteiger partial charge in [0.1, 0.15) is 0 Å². The first-order valence-electron chi connectivity index (χ1n) is 8.82. The number of imide groups is 1. The number of nitrogens with zero attached hydrogens (tertiary/aromatic N) is 1. The number of hydrogen-bond donors (Lipinski definition) is 1. The van der Waals surface area contributed by atoms with E-state index >= 15 is 0 Å². The van der Waals surface area contributed by atoms with E-state index < -0.39 is 0 Å². The number of thioether (sulfide) groups is 1. The molecule has 0 radical (unpaired) electrons. The summed E-state index contributed by atoms with van der Waals surface area (Å²) in [5, 5.41) is 2.47. The molecule has 0 saturated carbocycles. The van der Waals surface area contributed by atoms with Gasteiger partial charge in [-0.15, -0.1) is 0 Å². The lowest BCUT2D eigenvalue weighted by molar-refractivity contribution is -0.124. The predicted octanol–water partition coefficient (Wildman–Crippen LogP) is 2.80. The minimum absolute atomic E-state index is 0.0766. The average molecular weight is 374 g/mol. The molecule has 138 valence electrons. The Morgan fingerprint density at radius 1 is 1.31 bits per heavy atom. The van der Waals surface area contributed by atoms with Crippen LogP contribution >= 0.6 is 11.8 Å². The Kier molecular flexibility index (Phi) is 6.46. The van der Waals surface area contributed by atoms with Crippen LogP contribution in [0.4, 0.5) is 4.79 Å². The molecule has 1 aromatic carbocycles. The average Bonchev–Trinajstić information content (AvgIpc) is 3.25. The summed E-state index contributed by atoms with van der Waals surface area (Å²) in [6, 6.07) is 9.40. The second kappa shape index (κ2) is 9.00. The highest BCUT2D eigenvalue weighted by atomic mass is 32.2. The number of carbonyl (C=O) groups is 3. The molecule has 0 bridgehead atoms. The molecule has 1 aromatic rings. The third-order valence-corrected chi connectivity index (χ3v) is 5.25. The number of hydrogen-bond acceptors (Lipinski definition) is 5. The third kappa shape index (κ3) is 4.95. The number of benzene rings is 1. The van der Waals surface area contributed by atoms with Crippen LogP contribution in [0.1, 0.15) is 31.2 Å². The second-order valence-electron chi connectivity index (χ2n) is 6.27. The summed E-state index contributed by atoms with van der Waals surface area (Å²) >= 11 is 0.932. The Balaban J connectivity index is 1.44. The molecule has 3 amide bonds. The van der Waals surface area contributed by atoms with Gasteiger partial charge < -0.3 is 10.1 Å². The van der Waals surface area contributed by atoms with Gasteiger partial charge in [-0.05, 0) is 42.7 Å². The largest absolute Gasteiger partial charge is 0.378 e. The quantitative estimate of drug-likeness (QED) is 0.743. The van der Waals surface area contributed by atoms with Crippen LogP contribution in [0.5, 0.6) is 0 Å². The molecule has 0 aliphatic carbocycles. The van der Waals surface area contributed by atoms with E-state index in [4.69, 9.17) is 4.74 Å². The fourth-order valence-electron chi connectivity index (χ4n) is 2.95. The first-order chi connectivity index (χ1) is 12.6. The van der Waals surface area contributed by atoms with Crippen molar-refractivity contribution in [3.05, 3.63) is 40.8 Å². The summed E-state index contributed by atoms with van der Waals surface area (Å²) in [5.41, 5.74) is 0.875. The zero-order valence-electron chi connectivity index (χ0n) is 14.5. The van der Waals surface area contributed by atoms with Gasteiger partial charge in [0.15, 0.2) is 0 Å². The Labute approximate surface area is 157 Å². The Bertz CT molecular complexity index is 699. The van der Waals surface area contributed by atoms with Gasteiger partial charge in [0.05, 0.1) is 11.0 Å². The van der Waals surface area contributed by atoms with Crippen LogP contribution in [0.3, 0.4) is 0 Å². The molecule has 1 N–H and O–H groups in total. The number of carbonyl (C=O) groups excluding carboxylic acids is 3. The molecule has 6 nitrogen and oxygen atoms in total. The highest BCUT2D eigenvalue weighted by Gasteiger charge is 2.34. The van der Waals surface area contributed by atoms with Gasteiger partial charge in [-0.25, -0.2) is 0 Å². The lowest BCUT2D eigenvalue weighted by Crippen LogP contribution is -2.37. The SMILES string of the molecule is O=C(CCC1CCCO1)NCCN1C(=O)S/C(=C\c2ccccc2)C1=O. The Hall–Kier alpha value is -2.12.